The molecule has 0 bridgehead atoms. The van der Waals surface area contributed by atoms with E-state index in [0.717, 1.165) is 31.0 Å². The fraction of sp³-hybridized carbons (Fsp3) is 0.381. The van der Waals surface area contributed by atoms with Crippen molar-refractivity contribution in [3.63, 3.8) is 0 Å². The van der Waals surface area contributed by atoms with Gasteiger partial charge in [-0.1, -0.05) is 30.3 Å². The van der Waals surface area contributed by atoms with Crippen LogP contribution in [-0.4, -0.2) is 43.4 Å². The minimum atomic E-state index is 0.0406. The predicted octanol–water partition coefficient (Wildman–Crippen LogP) is 4.09. The first kappa shape index (κ1) is 18.6. The summed E-state index contributed by atoms with van der Waals surface area (Å²) in [5, 5.41) is 0.452. The van der Waals surface area contributed by atoms with Crippen LogP contribution in [0.5, 0.6) is 11.5 Å². The Hall–Kier alpha value is -2.14. The summed E-state index contributed by atoms with van der Waals surface area (Å²) in [5.41, 5.74) is 2.71. The van der Waals surface area contributed by atoms with Gasteiger partial charge in [0, 0.05) is 30.2 Å². The number of methoxy groups -OCH3 is 1. The van der Waals surface area contributed by atoms with Crippen molar-refractivity contribution in [2.24, 2.45) is 0 Å². The number of carbonyl (C=O) groups excluding carboxylic acids is 1. The van der Waals surface area contributed by atoms with Crippen LogP contribution in [0.25, 0.3) is 0 Å². The Bertz CT molecular complexity index is 750. The second-order valence-electron chi connectivity index (χ2n) is 6.35. The summed E-state index contributed by atoms with van der Waals surface area (Å²) >= 11 is 1.94. The van der Waals surface area contributed by atoms with Gasteiger partial charge in [-0.25, -0.2) is 0 Å². The summed E-state index contributed by atoms with van der Waals surface area (Å²) in [6, 6.07) is 15.9. The molecule has 1 aliphatic heterocycles. The molecular formula is C21H25NO3S. The molecule has 2 aromatic rings. The highest BCUT2D eigenvalue weighted by Crippen LogP contribution is 2.35. The lowest BCUT2D eigenvalue weighted by Crippen LogP contribution is -2.36. The van der Waals surface area contributed by atoms with Crippen molar-refractivity contribution in [1.82, 2.24) is 4.90 Å². The Kier molecular flexibility index (Phi) is 6.45. The maximum absolute atomic E-state index is 12.5. The number of hydrogen-bond donors (Lipinski definition) is 0. The molecule has 1 amide bonds. The summed E-state index contributed by atoms with van der Waals surface area (Å²) in [6.07, 6.45) is 0.973. The van der Waals surface area contributed by atoms with E-state index in [1.807, 2.05) is 34.9 Å². The average molecular weight is 372 g/mol. The topological polar surface area (TPSA) is 38.8 Å². The summed E-state index contributed by atoms with van der Waals surface area (Å²) in [4.78, 5) is 14.5. The summed E-state index contributed by atoms with van der Waals surface area (Å²) in [6.45, 7) is 3.76. The third-order valence-corrected chi connectivity index (χ3v) is 5.94. The molecule has 0 saturated carbocycles. The predicted molar refractivity (Wildman–Crippen MR) is 106 cm³/mol. The lowest BCUT2D eigenvalue weighted by atomic mass is 10.0. The summed E-state index contributed by atoms with van der Waals surface area (Å²) in [5.74, 6) is 2.37. The number of carbonyl (C=O) groups is 1. The van der Waals surface area contributed by atoms with Crippen molar-refractivity contribution in [3.05, 3.63) is 59.7 Å². The molecule has 1 heterocycles. The highest BCUT2D eigenvalue weighted by Gasteiger charge is 2.23. The van der Waals surface area contributed by atoms with Crippen LogP contribution in [0.2, 0.25) is 0 Å². The Balaban J connectivity index is 1.55. The largest absolute Gasteiger partial charge is 0.497 e. The highest BCUT2D eigenvalue weighted by molar-refractivity contribution is 7.99. The van der Waals surface area contributed by atoms with E-state index in [-0.39, 0.29) is 12.5 Å². The number of aryl methyl sites for hydroxylation is 1. The fourth-order valence-corrected chi connectivity index (χ4v) is 4.47. The maximum atomic E-state index is 12.5. The first-order chi connectivity index (χ1) is 12.7. The molecule has 5 heteroatoms. The number of hydrogen-bond acceptors (Lipinski definition) is 4. The van der Waals surface area contributed by atoms with E-state index >= 15 is 0 Å². The van der Waals surface area contributed by atoms with Gasteiger partial charge in [-0.15, -0.1) is 0 Å². The molecule has 1 aliphatic rings. The van der Waals surface area contributed by atoms with Crippen LogP contribution < -0.4 is 9.47 Å². The Morgan fingerprint density at radius 3 is 2.77 bits per heavy atom. The molecule has 1 fully saturated rings. The molecule has 0 radical (unpaired) electrons. The fourth-order valence-electron chi connectivity index (χ4n) is 3.14. The lowest BCUT2D eigenvalue weighted by molar-refractivity contribution is -0.133. The van der Waals surface area contributed by atoms with Crippen LogP contribution in [0, 0.1) is 6.92 Å². The molecule has 1 atom stereocenters. The SMILES string of the molecule is COc1cccc(OCC(=O)N2CCSC(c3ccccc3C)CC2)c1. The van der Waals surface area contributed by atoms with E-state index in [4.69, 9.17) is 9.47 Å². The average Bonchev–Trinajstić information content (AvgIpc) is 2.93. The molecule has 0 aromatic heterocycles. The van der Waals surface area contributed by atoms with Gasteiger partial charge in [-0.2, -0.15) is 11.8 Å². The van der Waals surface area contributed by atoms with Crippen LogP contribution in [0.3, 0.4) is 0 Å². The van der Waals surface area contributed by atoms with E-state index in [2.05, 4.69) is 31.2 Å². The third kappa shape index (κ3) is 4.73. The van der Waals surface area contributed by atoms with Crippen molar-refractivity contribution in [2.75, 3.05) is 32.6 Å². The zero-order valence-electron chi connectivity index (χ0n) is 15.3. The quantitative estimate of drug-likeness (QED) is 0.794. The maximum Gasteiger partial charge on any atom is 0.260 e. The van der Waals surface area contributed by atoms with Crippen molar-refractivity contribution >= 4 is 17.7 Å². The van der Waals surface area contributed by atoms with Gasteiger partial charge >= 0.3 is 0 Å². The van der Waals surface area contributed by atoms with Gasteiger partial charge in [-0.3, -0.25) is 4.79 Å². The normalized spacial score (nSPS) is 17.5. The van der Waals surface area contributed by atoms with Gasteiger partial charge in [0.25, 0.3) is 5.91 Å². The molecule has 138 valence electrons. The Morgan fingerprint density at radius 1 is 1.15 bits per heavy atom. The zero-order valence-corrected chi connectivity index (χ0v) is 16.1. The minimum absolute atomic E-state index is 0.0406. The monoisotopic (exact) mass is 371 g/mol. The summed E-state index contributed by atoms with van der Waals surface area (Å²) in [7, 11) is 1.62. The standard InChI is InChI=1S/C21H25NO3S/c1-16-6-3-4-9-19(16)20-10-11-22(12-13-26-20)21(23)15-25-18-8-5-7-17(14-18)24-2/h3-9,14,20H,10-13,15H2,1-2H3. The van der Waals surface area contributed by atoms with Gasteiger partial charge in [-0.05, 0) is 36.6 Å². The van der Waals surface area contributed by atoms with Gasteiger partial charge in [0.05, 0.1) is 7.11 Å². The number of thioether (sulfide) groups is 1. The molecule has 1 saturated heterocycles. The first-order valence-corrected chi connectivity index (χ1v) is 9.94. The Morgan fingerprint density at radius 2 is 1.96 bits per heavy atom. The molecule has 3 rings (SSSR count). The first-order valence-electron chi connectivity index (χ1n) is 8.89. The number of amides is 1. The number of nitrogens with zero attached hydrogens (tertiary/aromatic N) is 1. The van der Waals surface area contributed by atoms with Crippen molar-refractivity contribution < 1.29 is 14.3 Å². The van der Waals surface area contributed by atoms with Crippen molar-refractivity contribution in [3.8, 4) is 11.5 Å². The Labute approximate surface area is 159 Å². The number of benzene rings is 2. The van der Waals surface area contributed by atoms with Gasteiger partial charge in [0.2, 0.25) is 0 Å². The van der Waals surface area contributed by atoms with Crippen LogP contribution in [-0.2, 0) is 4.79 Å². The number of rotatable bonds is 5. The van der Waals surface area contributed by atoms with Crippen molar-refractivity contribution in [2.45, 2.75) is 18.6 Å². The molecular weight excluding hydrogens is 346 g/mol. The third-order valence-electron chi connectivity index (χ3n) is 4.63. The van der Waals surface area contributed by atoms with Crippen LogP contribution >= 0.6 is 11.8 Å². The molecule has 1 unspecified atom stereocenters. The summed E-state index contributed by atoms with van der Waals surface area (Å²) < 4.78 is 10.8. The van der Waals surface area contributed by atoms with E-state index < -0.39 is 0 Å². The number of ether oxygens (including phenoxy) is 2. The second kappa shape index (κ2) is 8.99. The van der Waals surface area contributed by atoms with Gasteiger partial charge in [0.1, 0.15) is 11.5 Å². The lowest BCUT2D eigenvalue weighted by Gasteiger charge is -2.21. The van der Waals surface area contributed by atoms with Crippen LogP contribution in [0.1, 0.15) is 22.8 Å². The molecule has 0 aliphatic carbocycles. The molecule has 2 aromatic carbocycles. The van der Waals surface area contributed by atoms with Gasteiger partial charge < -0.3 is 14.4 Å². The van der Waals surface area contributed by atoms with E-state index in [1.54, 1.807) is 13.2 Å². The molecule has 4 nitrogen and oxygen atoms in total. The van der Waals surface area contributed by atoms with Crippen molar-refractivity contribution in [1.29, 1.82) is 0 Å². The van der Waals surface area contributed by atoms with E-state index in [0.29, 0.717) is 11.0 Å². The van der Waals surface area contributed by atoms with E-state index in [9.17, 15) is 4.79 Å². The minimum Gasteiger partial charge on any atom is -0.497 e. The zero-order chi connectivity index (χ0) is 18.4. The molecule has 0 N–H and O–H groups in total. The highest BCUT2D eigenvalue weighted by atomic mass is 32.2. The van der Waals surface area contributed by atoms with Crippen LogP contribution in [0.15, 0.2) is 48.5 Å². The second-order valence-corrected chi connectivity index (χ2v) is 7.66. The van der Waals surface area contributed by atoms with Crippen LogP contribution in [0.4, 0.5) is 0 Å². The van der Waals surface area contributed by atoms with E-state index in [1.165, 1.54) is 11.1 Å². The molecule has 0 spiro atoms. The smallest absolute Gasteiger partial charge is 0.260 e. The molecule has 26 heavy (non-hydrogen) atoms. The van der Waals surface area contributed by atoms with Gasteiger partial charge in [0.15, 0.2) is 6.61 Å².